The maximum absolute atomic E-state index is 6.00. The Balaban J connectivity index is 1.61. The van der Waals surface area contributed by atoms with Gasteiger partial charge < -0.3 is 14.0 Å². The fraction of sp³-hybridized carbons (Fsp3) is 0.182. The highest BCUT2D eigenvalue weighted by Crippen LogP contribution is 2.30. The highest BCUT2D eigenvalue weighted by Gasteiger charge is 2.16. The second-order valence-electron chi connectivity index (χ2n) is 6.34. The van der Waals surface area contributed by atoms with Crippen LogP contribution in [0.4, 0.5) is 0 Å². The number of nitrogens with zero attached hydrogens (tertiary/aromatic N) is 3. The molecule has 0 saturated carbocycles. The molecule has 2 heterocycles. The van der Waals surface area contributed by atoms with Crippen molar-refractivity contribution >= 4 is 11.0 Å². The van der Waals surface area contributed by atoms with Crippen molar-refractivity contribution < 1.29 is 9.47 Å². The van der Waals surface area contributed by atoms with Crippen LogP contribution in [-0.4, -0.2) is 21.1 Å². The Labute approximate surface area is 158 Å². The number of ether oxygens (including phenoxy) is 2. The summed E-state index contributed by atoms with van der Waals surface area (Å²) in [6, 6.07) is 19.5. The quantitative estimate of drug-likeness (QED) is 0.490. The van der Waals surface area contributed by atoms with E-state index in [-0.39, 0.29) is 0 Å². The maximum Gasteiger partial charge on any atom is 0.247 e. The van der Waals surface area contributed by atoms with E-state index in [1.807, 2.05) is 73.9 Å². The zero-order valence-electron chi connectivity index (χ0n) is 15.4. The molecule has 0 aliphatic heterocycles. The second kappa shape index (κ2) is 7.50. The molecule has 0 spiro atoms. The van der Waals surface area contributed by atoms with E-state index in [9.17, 15) is 0 Å². The van der Waals surface area contributed by atoms with Gasteiger partial charge in [-0.05, 0) is 43.7 Å². The number of hydrogen-bond donors (Lipinski definition) is 0. The monoisotopic (exact) mass is 359 g/mol. The molecule has 136 valence electrons. The first-order valence-electron chi connectivity index (χ1n) is 8.95. The van der Waals surface area contributed by atoms with Gasteiger partial charge in [-0.3, -0.25) is 0 Å². The van der Waals surface area contributed by atoms with E-state index in [1.54, 1.807) is 0 Å². The Morgan fingerprint density at radius 1 is 0.889 bits per heavy atom. The van der Waals surface area contributed by atoms with Crippen LogP contribution in [-0.2, 0) is 6.54 Å². The van der Waals surface area contributed by atoms with E-state index in [0.29, 0.717) is 19.0 Å². The molecule has 4 rings (SSSR count). The minimum Gasteiger partial charge on any atom is -0.492 e. The molecule has 0 fully saturated rings. The smallest absolute Gasteiger partial charge is 0.247 e. The number of aryl methyl sites for hydroxylation is 2. The van der Waals surface area contributed by atoms with Crippen molar-refractivity contribution in [2.24, 2.45) is 0 Å². The molecule has 5 heteroatoms. The van der Waals surface area contributed by atoms with Crippen molar-refractivity contribution in [3.05, 3.63) is 78.2 Å². The third kappa shape index (κ3) is 3.62. The lowest BCUT2D eigenvalue weighted by Gasteiger charge is -2.12. The molecule has 0 amide bonds. The Bertz CT molecular complexity index is 1040. The summed E-state index contributed by atoms with van der Waals surface area (Å²) in [5.74, 6) is 2.14. The van der Waals surface area contributed by atoms with Crippen LogP contribution in [0.3, 0.4) is 0 Å². The summed E-state index contributed by atoms with van der Waals surface area (Å²) in [5.41, 5.74) is 3.83. The van der Waals surface area contributed by atoms with Gasteiger partial charge in [-0.2, -0.15) is 0 Å². The van der Waals surface area contributed by atoms with Gasteiger partial charge in [0.25, 0.3) is 0 Å². The Morgan fingerprint density at radius 2 is 1.56 bits per heavy atom. The van der Waals surface area contributed by atoms with Crippen molar-refractivity contribution in [3.63, 3.8) is 0 Å². The lowest BCUT2D eigenvalue weighted by molar-refractivity contribution is 0.300. The van der Waals surface area contributed by atoms with E-state index < -0.39 is 0 Å². The van der Waals surface area contributed by atoms with Crippen LogP contribution in [0.25, 0.3) is 11.0 Å². The van der Waals surface area contributed by atoms with E-state index >= 15 is 0 Å². The minimum atomic E-state index is 0.530. The fourth-order valence-corrected chi connectivity index (χ4v) is 3.01. The summed E-state index contributed by atoms with van der Waals surface area (Å²) in [6.45, 7) is 5.31. The molecule has 0 radical (unpaired) electrons. The van der Waals surface area contributed by atoms with Gasteiger partial charge in [-0.25, -0.2) is 9.97 Å². The van der Waals surface area contributed by atoms with E-state index in [4.69, 9.17) is 9.47 Å². The summed E-state index contributed by atoms with van der Waals surface area (Å²) in [7, 11) is 0. The SMILES string of the molecule is Cc1nc(Oc2ccccc2)c2ncn(CCOc3ccccc3)c2c1C. The van der Waals surface area contributed by atoms with Crippen molar-refractivity contribution in [1.29, 1.82) is 0 Å². The van der Waals surface area contributed by atoms with Crippen LogP contribution in [0.1, 0.15) is 11.3 Å². The molecule has 5 nitrogen and oxygen atoms in total. The molecule has 0 atom stereocenters. The van der Waals surface area contributed by atoms with Crippen LogP contribution >= 0.6 is 0 Å². The van der Waals surface area contributed by atoms with Crippen molar-refractivity contribution in [2.75, 3.05) is 6.61 Å². The maximum atomic E-state index is 6.00. The molecule has 0 aliphatic carbocycles. The van der Waals surface area contributed by atoms with Crippen LogP contribution < -0.4 is 9.47 Å². The molecule has 0 N–H and O–H groups in total. The number of rotatable bonds is 6. The number of hydrogen-bond acceptors (Lipinski definition) is 4. The third-order valence-electron chi connectivity index (χ3n) is 4.51. The first-order valence-corrected chi connectivity index (χ1v) is 8.95. The molecule has 0 aliphatic rings. The normalized spacial score (nSPS) is 10.9. The highest BCUT2D eigenvalue weighted by atomic mass is 16.5. The van der Waals surface area contributed by atoms with Crippen LogP contribution in [0.2, 0.25) is 0 Å². The first kappa shape index (κ1) is 17.1. The molecule has 0 unspecified atom stereocenters. The number of fused-ring (bicyclic) bond motifs is 1. The number of benzene rings is 2. The Morgan fingerprint density at radius 3 is 2.26 bits per heavy atom. The zero-order chi connectivity index (χ0) is 18.6. The lowest BCUT2D eigenvalue weighted by atomic mass is 10.2. The molecule has 2 aromatic carbocycles. The summed E-state index contributed by atoms with van der Waals surface area (Å²) in [6.07, 6.45) is 1.82. The summed E-state index contributed by atoms with van der Waals surface area (Å²) in [5, 5.41) is 0. The molecular weight excluding hydrogens is 338 g/mol. The Hall–Kier alpha value is -3.34. The predicted octanol–water partition coefficient (Wildman–Crippen LogP) is 4.92. The topological polar surface area (TPSA) is 49.2 Å². The molecule has 0 bridgehead atoms. The van der Waals surface area contributed by atoms with Crippen LogP contribution in [0.15, 0.2) is 67.0 Å². The van der Waals surface area contributed by atoms with Crippen molar-refractivity contribution in [1.82, 2.24) is 14.5 Å². The number of imidazole rings is 1. The average molecular weight is 359 g/mol. The van der Waals surface area contributed by atoms with Gasteiger partial charge in [-0.1, -0.05) is 36.4 Å². The fourth-order valence-electron chi connectivity index (χ4n) is 3.01. The number of aromatic nitrogens is 3. The largest absolute Gasteiger partial charge is 0.492 e. The zero-order valence-corrected chi connectivity index (χ0v) is 15.4. The van der Waals surface area contributed by atoms with Gasteiger partial charge in [0.15, 0.2) is 5.52 Å². The van der Waals surface area contributed by atoms with Crippen LogP contribution in [0.5, 0.6) is 17.4 Å². The Kier molecular flexibility index (Phi) is 4.75. The minimum absolute atomic E-state index is 0.530. The number of para-hydroxylation sites is 2. The molecule has 0 saturated heterocycles. The molecule has 4 aromatic rings. The standard InChI is InChI=1S/C22H21N3O2/c1-16-17(2)24-22(27-19-11-7-4-8-12-19)20-21(16)25(15-23-20)13-14-26-18-9-5-3-6-10-18/h3-12,15H,13-14H2,1-2H3. The van der Waals surface area contributed by atoms with E-state index in [1.165, 1.54) is 0 Å². The second-order valence-corrected chi connectivity index (χ2v) is 6.34. The van der Waals surface area contributed by atoms with Gasteiger partial charge in [0.2, 0.25) is 5.88 Å². The third-order valence-corrected chi connectivity index (χ3v) is 4.51. The summed E-state index contributed by atoms with van der Waals surface area (Å²) in [4.78, 5) is 9.17. The lowest BCUT2D eigenvalue weighted by Crippen LogP contribution is -2.08. The van der Waals surface area contributed by atoms with Crippen molar-refractivity contribution in [2.45, 2.75) is 20.4 Å². The van der Waals surface area contributed by atoms with Crippen molar-refractivity contribution in [3.8, 4) is 17.4 Å². The average Bonchev–Trinajstić information content (AvgIpc) is 3.12. The highest BCUT2D eigenvalue weighted by molar-refractivity contribution is 5.84. The van der Waals surface area contributed by atoms with Gasteiger partial charge in [-0.15, -0.1) is 0 Å². The predicted molar refractivity (Wildman–Crippen MR) is 105 cm³/mol. The molecule has 2 aromatic heterocycles. The van der Waals surface area contributed by atoms with Gasteiger partial charge in [0, 0.05) is 5.69 Å². The molecular formula is C22H21N3O2. The van der Waals surface area contributed by atoms with Crippen LogP contribution in [0, 0.1) is 13.8 Å². The molecule has 27 heavy (non-hydrogen) atoms. The van der Waals surface area contributed by atoms with E-state index in [0.717, 1.165) is 33.8 Å². The summed E-state index contributed by atoms with van der Waals surface area (Å²) >= 11 is 0. The van der Waals surface area contributed by atoms with Gasteiger partial charge in [0.1, 0.15) is 18.1 Å². The van der Waals surface area contributed by atoms with E-state index in [2.05, 4.69) is 21.5 Å². The first-order chi connectivity index (χ1) is 13.2. The van der Waals surface area contributed by atoms with Gasteiger partial charge >= 0.3 is 0 Å². The van der Waals surface area contributed by atoms with Gasteiger partial charge in [0.05, 0.1) is 18.4 Å². The number of pyridine rings is 1. The summed E-state index contributed by atoms with van der Waals surface area (Å²) < 4.78 is 13.9.